The molecule has 0 aliphatic carbocycles. The third-order valence-corrected chi connectivity index (χ3v) is 3.55. The number of carbonyl (C=O) groups is 1. The van der Waals surface area contributed by atoms with Gasteiger partial charge in [-0.2, -0.15) is 0 Å². The van der Waals surface area contributed by atoms with Crippen LogP contribution in [0.15, 0.2) is 28.7 Å². The second-order valence-corrected chi connectivity index (χ2v) is 5.38. The number of aromatic nitrogens is 2. The van der Waals surface area contributed by atoms with Crippen LogP contribution in [-0.4, -0.2) is 42.0 Å². The van der Waals surface area contributed by atoms with Crippen molar-refractivity contribution in [2.24, 2.45) is 0 Å². The summed E-state index contributed by atoms with van der Waals surface area (Å²) >= 11 is 0. The van der Waals surface area contributed by atoms with Crippen LogP contribution in [0, 0.1) is 6.92 Å². The van der Waals surface area contributed by atoms with Crippen LogP contribution in [0.4, 0.5) is 0 Å². The van der Waals surface area contributed by atoms with Crippen LogP contribution >= 0.6 is 0 Å². The van der Waals surface area contributed by atoms with Crippen molar-refractivity contribution in [1.29, 1.82) is 0 Å². The van der Waals surface area contributed by atoms with Crippen LogP contribution in [0.2, 0.25) is 0 Å². The van der Waals surface area contributed by atoms with Crippen molar-refractivity contribution < 1.29 is 18.7 Å². The molecule has 1 aliphatic rings. The van der Waals surface area contributed by atoms with Crippen molar-refractivity contribution >= 4 is 5.91 Å². The minimum Gasteiger partial charge on any atom is -0.484 e. The maximum Gasteiger partial charge on any atom is 0.258 e. The van der Waals surface area contributed by atoms with Crippen LogP contribution < -0.4 is 10.1 Å². The van der Waals surface area contributed by atoms with E-state index in [2.05, 4.69) is 15.5 Å². The van der Waals surface area contributed by atoms with Crippen LogP contribution in [0.1, 0.15) is 18.7 Å². The summed E-state index contributed by atoms with van der Waals surface area (Å²) in [6.07, 6.45) is 2.19. The van der Waals surface area contributed by atoms with Gasteiger partial charge in [-0.05, 0) is 37.1 Å². The SMILES string of the molecule is Cc1nnc(-c2ccc(OCC(=O)NCC3CCCO3)cc2)o1. The van der Waals surface area contributed by atoms with Crippen molar-refractivity contribution in [3.05, 3.63) is 30.2 Å². The van der Waals surface area contributed by atoms with Crippen molar-refractivity contribution in [2.45, 2.75) is 25.9 Å². The highest BCUT2D eigenvalue weighted by Gasteiger charge is 2.16. The lowest BCUT2D eigenvalue weighted by Gasteiger charge is -2.11. The Labute approximate surface area is 134 Å². The third-order valence-electron chi connectivity index (χ3n) is 3.55. The Bertz CT molecular complexity index is 648. The topological polar surface area (TPSA) is 86.5 Å². The van der Waals surface area contributed by atoms with Crippen molar-refractivity contribution in [2.75, 3.05) is 19.8 Å². The summed E-state index contributed by atoms with van der Waals surface area (Å²) in [7, 11) is 0. The van der Waals surface area contributed by atoms with Gasteiger partial charge in [0.25, 0.3) is 5.91 Å². The number of benzene rings is 1. The number of rotatable bonds is 6. The Hall–Kier alpha value is -2.41. The fourth-order valence-corrected chi connectivity index (χ4v) is 2.34. The Morgan fingerprint density at radius 3 is 2.83 bits per heavy atom. The standard InChI is InChI=1S/C16H19N3O4/c1-11-18-19-16(23-11)12-4-6-13(7-5-12)22-10-15(20)17-9-14-3-2-8-21-14/h4-7,14H,2-3,8-10H2,1H3,(H,17,20). The molecule has 0 bridgehead atoms. The lowest BCUT2D eigenvalue weighted by Crippen LogP contribution is -2.35. The Morgan fingerprint density at radius 2 is 2.17 bits per heavy atom. The molecule has 1 atom stereocenters. The van der Waals surface area contributed by atoms with E-state index >= 15 is 0 Å². The fourth-order valence-electron chi connectivity index (χ4n) is 2.34. The van der Waals surface area contributed by atoms with Gasteiger partial charge in [0, 0.05) is 25.6 Å². The highest BCUT2D eigenvalue weighted by atomic mass is 16.5. The zero-order valence-electron chi connectivity index (χ0n) is 12.9. The second kappa shape index (κ2) is 7.23. The Balaban J connectivity index is 1.45. The minimum absolute atomic E-state index is 0.0221. The van der Waals surface area contributed by atoms with Crippen LogP contribution in [0.25, 0.3) is 11.5 Å². The zero-order valence-corrected chi connectivity index (χ0v) is 12.9. The molecular weight excluding hydrogens is 298 g/mol. The predicted molar refractivity (Wildman–Crippen MR) is 81.9 cm³/mol. The summed E-state index contributed by atoms with van der Waals surface area (Å²) in [5.41, 5.74) is 0.806. The maximum atomic E-state index is 11.7. The summed E-state index contributed by atoms with van der Waals surface area (Å²) in [6.45, 7) is 3.04. The van der Waals surface area contributed by atoms with E-state index in [4.69, 9.17) is 13.9 Å². The van der Waals surface area contributed by atoms with E-state index in [-0.39, 0.29) is 18.6 Å². The molecule has 0 radical (unpaired) electrons. The summed E-state index contributed by atoms with van der Waals surface area (Å²) in [5, 5.41) is 10.5. The average Bonchev–Trinajstić information content (AvgIpc) is 3.23. The molecule has 1 amide bonds. The van der Waals surface area contributed by atoms with Crippen LogP contribution in [0.3, 0.4) is 0 Å². The first-order valence-electron chi connectivity index (χ1n) is 7.62. The lowest BCUT2D eigenvalue weighted by molar-refractivity contribution is -0.123. The quantitative estimate of drug-likeness (QED) is 0.873. The van der Waals surface area contributed by atoms with Gasteiger partial charge in [0.2, 0.25) is 11.8 Å². The molecule has 1 fully saturated rings. The first kappa shape index (κ1) is 15.5. The molecule has 0 spiro atoms. The number of carbonyl (C=O) groups excluding carboxylic acids is 1. The van der Waals surface area contributed by atoms with Gasteiger partial charge in [-0.3, -0.25) is 4.79 Å². The fraction of sp³-hybridized carbons (Fsp3) is 0.438. The summed E-state index contributed by atoms with van der Waals surface area (Å²) in [5.74, 6) is 1.43. The summed E-state index contributed by atoms with van der Waals surface area (Å²) in [4.78, 5) is 11.7. The van der Waals surface area contributed by atoms with E-state index in [0.29, 0.717) is 24.1 Å². The molecule has 23 heavy (non-hydrogen) atoms. The first-order valence-corrected chi connectivity index (χ1v) is 7.62. The largest absolute Gasteiger partial charge is 0.484 e. The number of aryl methyl sites for hydroxylation is 1. The van der Waals surface area contributed by atoms with E-state index in [0.717, 1.165) is 25.0 Å². The minimum atomic E-state index is -0.155. The molecule has 1 unspecified atom stereocenters. The molecule has 1 aromatic carbocycles. The monoisotopic (exact) mass is 317 g/mol. The van der Waals surface area contributed by atoms with E-state index in [1.807, 2.05) is 12.1 Å². The number of amides is 1. The number of nitrogens with zero attached hydrogens (tertiary/aromatic N) is 2. The predicted octanol–water partition coefficient (Wildman–Crippen LogP) is 1.72. The van der Waals surface area contributed by atoms with Crippen LogP contribution in [0.5, 0.6) is 5.75 Å². The van der Waals surface area contributed by atoms with Crippen molar-refractivity contribution in [3.63, 3.8) is 0 Å². The van der Waals surface area contributed by atoms with Gasteiger partial charge < -0.3 is 19.2 Å². The van der Waals surface area contributed by atoms with Crippen molar-refractivity contribution in [1.82, 2.24) is 15.5 Å². The molecular formula is C16H19N3O4. The smallest absolute Gasteiger partial charge is 0.258 e. The van der Waals surface area contributed by atoms with Gasteiger partial charge in [-0.25, -0.2) is 0 Å². The molecule has 1 N–H and O–H groups in total. The molecule has 3 rings (SSSR count). The van der Waals surface area contributed by atoms with Gasteiger partial charge in [-0.15, -0.1) is 10.2 Å². The first-order chi connectivity index (χ1) is 11.2. The molecule has 2 aromatic rings. The number of hydrogen-bond donors (Lipinski definition) is 1. The van der Waals surface area contributed by atoms with Gasteiger partial charge in [0.1, 0.15) is 5.75 Å². The lowest BCUT2D eigenvalue weighted by atomic mass is 10.2. The van der Waals surface area contributed by atoms with Crippen LogP contribution in [-0.2, 0) is 9.53 Å². The Kier molecular flexibility index (Phi) is 4.87. The summed E-state index contributed by atoms with van der Waals surface area (Å²) < 4.78 is 16.3. The molecule has 1 saturated heterocycles. The van der Waals surface area contributed by atoms with E-state index in [1.54, 1.807) is 19.1 Å². The average molecular weight is 317 g/mol. The number of ether oxygens (including phenoxy) is 2. The van der Waals surface area contributed by atoms with Gasteiger partial charge >= 0.3 is 0 Å². The molecule has 0 saturated carbocycles. The van der Waals surface area contributed by atoms with E-state index in [1.165, 1.54) is 0 Å². The number of nitrogens with one attached hydrogen (secondary N) is 1. The molecule has 2 heterocycles. The number of hydrogen-bond acceptors (Lipinski definition) is 6. The summed E-state index contributed by atoms with van der Waals surface area (Å²) in [6, 6.07) is 7.16. The van der Waals surface area contributed by atoms with Crippen molar-refractivity contribution in [3.8, 4) is 17.2 Å². The highest BCUT2D eigenvalue weighted by Crippen LogP contribution is 2.21. The second-order valence-electron chi connectivity index (χ2n) is 5.38. The zero-order chi connectivity index (χ0) is 16.1. The van der Waals surface area contributed by atoms with Gasteiger partial charge in [0.15, 0.2) is 6.61 Å². The highest BCUT2D eigenvalue weighted by molar-refractivity contribution is 5.77. The molecule has 122 valence electrons. The Morgan fingerprint density at radius 1 is 1.35 bits per heavy atom. The molecule has 7 nitrogen and oxygen atoms in total. The van der Waals surface area contributed by atoms with Gasteiger partial charge in [-0.1, -0.05) is 0 Å². The molecule has 1 aromatic heterocycles. The maximum absolute atomic E-state index is 11.7. The normalized spacial score (nSPS) is 17.2. The molecule has 1 aliphatic heterocycles. The van der Waals surface area contributed by atoms with Gasteiger partial charge in [0.05, 0.1) is 6.10 Å². The third kappa shape index (κ3) is 4.29. The van der Waals surface area contributed by atoms with E-state index < -0.39 is 0 Å². The molecule has 7 heteroatoms. The van der Waals surface area contributed by atoms with E-state index in [9.17, 15) is 4.79 Å².